The van der Waals surface area contributed by atoms with Crippen molar-refractivity contribution >= 4 is 0 Å². The minimum Gasteiger partial charge on any atom is -0.324 e. The van der Waals surface area contributed by atoms with Crippen LogP contribution in [0.5, 0.6) is 0 Å². The zero-order chi connectivity index (χ0) is 11.3. The maximum Gasteiger partial charge on any atom is 0.130 e. The van der Waals surface area contributed by atoms with E-state index in [9.17, 15) is 8.78 Å². The highest BCUT2D eigenvalue weighted by Gasteiger charge is 2.55. The molecule has 0 saturated heterocycles. The van der Waals surface area contributed by atoms with E-state index < -0.39 is 11.6 Å². The second-order valence-electron chi connectivity index (χ2n) is 5.03. The fraction of sp³-hybridized carbons (Fsp3) is 0.538. The molecule has 3 heteroatoms. The van der Waals surface area contributed by atoms with Crippen LogP contribution in [0.15, 0.2) is 18.2 Å². The Labute approximate surface area is 93.6 Å². The molecule has 2 saturated carbocycles. The Morgan fingerprint density at radius 3 is 2.50 bits per heavy atom. The number of benzene rings is 1. The number of nitrogens with two attached hydrogens (primary N) is 1. The molecular weight excluding hydrogens is 208 g/mol. The fourth-order valence-corrected chi connectivity index (χ4v) is 3.39. The second kappa shape index (κ2) is 3.52. The number of hydrogen-bond acceptors (Lipinski definition) is 1. The van der Waals surface area contributed by atoms with Gasteiger partial charge in [-0.25, -0.2) is 8.78 Å². The second-order valence-corrected chi connectivity index (χ2v) is 5.03. The predicted molar refractivity (Wildman–Crippen MR) is 57.6 cm³/mol. The summed E-state index contributed by atoms with van der Waals surface area (Å²) in [4.78, 5) is 0. The maximum atomic E-state index is 13.5. The third-order valence-corrected chi connectivity index (χ3v) is 4.21. The van der Waals surface area contributed by atoms with Gasteiger partial charge in [0.1, 0.15) is 11.6 Å². The van der Waals surface area contributed by atoms with Gasteiger partial charge < -0.3 is 5.73 Å². The third kappa shape index (κ3) is 1.46. The lowest BCUT2D eigenvalue weighted by molar-refractivity contribution is 0.476. The van der Waals surface area contributed by atoms with Gasteiger partial charge in [0.05, 0.1) is 0 Å². The molecule has 86 valence electrons. The minimum absolute atomic E-state index is 0.254. The van der Waals surface area contributed by atoms with Crippen LogP contribution in [0.4, 0.5) is 8.78 Å². The number of hydrogen-bond donors (Lipinski definition) is 1. The fourth-order valence-electron chi connectivity index (χ4n) is 3.39. The summed E-state index contributed by atoms with van der Waals surface area (Å²) in [6, 6.07) is 3.45. The smallest absolute Gasteiger partial charge is 0.130 e. The Bertz CT molecular complexity index is 408. The zero-order valence-electron chi connectivity index (χ0n) is 9.00. The molecule has 0 spiro atoms. The van der Waals surface area contributed by atoms with Crippen molar-refractivity contribution in [3.05, 3.63) is 35.4 Å². The van der Waals surface area contributed by atoms with E-state index in [-0.39, 0.29) is 6.04 Å². The molecular formula is C13H15F2N. The van der Waals surface area contributed by atoms with Crippen LogP contribution < -0.4 is 5.73 Å². The molecule has 1 aromatic rings. The maximum absolute atomic E-state index is 13.5. The monoisotopic (exact) mass is 223 g/mol. The molecule has 0 aromatic heterocycles. The van der Waals surface area contributed by atoms with Crippen molar-refractivity contribution in [1.82, 2.24) is 0 Å². The van der Waals surface area contributed by atoms with Gasteiger partial charge in [-0.05, 0) is 36.7 Å². The quantitative estimate of drug-likeness (QED) is 0.819. The molecule has 0 aliphatic heterocycles. The van der Waals surface area contributed by atoms with E-state index in [2.05, 4.69) is 0 Å². The van der Waals surface area contributed by atoms with Crippen molar-refractivity contribution in [3.63, 3.8) is 0 Å². The van der Waals surface area contributed by atoms with Crippen LogP contribution >= 0.6 is 0 Å². The topological polar surface area (TPSA) is 26.0 Å². The molecule has 2 aliphatic carbocycles. The minimum atomic E-state index is -0.538. The molecule has 2 fully saturated rings. The molecule has 2 aliphatic rings. The first-order valence-electron chi connectivity index (χ1n) is 5.89. The lowest BCUT2D eigenvalue weighted by atomic mass is 9.97. The first-order valence-corrected chi connectivity index (χ1v) is 5.89. The number of halogens is 2. The van der Waals surface area contributed by atoms with Gasteiger partial charge >= 0.3 is 0 Å². The SMILES string of the molecule is NC(c1ccc(F)cc1F)C1C2CCCC21. The first-order chi connectivity index (χ1) is 7.68. The van der Waals surface area contributed by atoms with Gasteiger partial charge in [0, 0.05) is 17.7 Å². The van der Waals surface area contributed by atoms with Crippen molar-refractivity contribution in [1.29, 1.82) is 0 Å². The number of fused-ring (bicyclic) bond motifs is 1. The normalized spacial score (nSPS) is 33.6. The van der Waals surface area contributed by atoms with Crippen LogP contribution in [0.1, 0.15) is 30.9 Å². The van der Waals surface area contributed by atoms with Gasteiger partial charge in [0.15, 0.2) is 0 Å². The summed E-state index contributed by atoms with van der Waals surface area (Å²) in [5.74, 6) is 0.773. The molecule has 2 N–H and O–H groups in total. The number of rotatable bonds is 2. The molecule has 1 nitrogen and oxygen atoms in total. The Morgan fingerprint density at radius 2 is 1.88 bits per heavy atom. The van der Waals surface area contributed by atoms with Crippen LogP contribution in [0.2, 0.25) is 0 Å². The highest BCUT2D eigenvalue weighted by atomic mass is 19.1. The standard InChI is InChI=1S/C13H15F2N/c14-7-4-5-10(11(15)6-7)13(16)12-8-2-1-3-9(8)12/h4-6,8-9,12-13H,1-3,16H2. The van der Waals surface area contributed by atoms with Crippen molar-refractivity contribution in [3.8, 4) is 0 Å². The van der Waals surface area contributed by atoms with Gasteiger partial charge in [-0.1, -0.05) is 12.5 Å². The first kappa shape index (κ1) is 10.2. The van der Waals surface area contributed by atoms with Crippen LogP contribution in [-0.2, 0) is 0 Å². The molecule has 0 heterocycles. The summed E-state index contributed by atoms with van der Waals surface area (Å²) in [7, 11) is 0. The molecule has 0 bridgehead atoms. The summed E-state index contributed by atoms with van der Waals surface area (Å²) in [6.07, 6.45) is 3.74. The van der Waals surface area contributed by atoms with Crippen LogP contribution in [0.25, 0.3) is 0 Å². The lowest BCUT2D eigenvalue weighted by Crippen LogP contribution is -2.17. The molecule has 3 atom stereocenters. The van der Waals surface area contributed by atoms with Crippen molar-refractivity contribution in [2.75, 3.05) is 0 Å². The molecule has 0 radical (unpaired) electrons. The van der Waals surface area contributed by atoms with Gasteiger partial charge in [0.25, 0.3) is 0 Å². The van der Waals surface area contributed by atoms with Crippen molar-refractivity contribution in [2.24, 2.45) is 23.5 Å². The average Bonchev–Trinajstić information content (AvgIpc) is 2.71. The summed E-state index contributed by atoms with van der Waals surface area (Å²) < 4.78 is 26.3. The molecule has 0 amide bonds. The van der Waals surface area contributed by atoms with Gasteiger partial charge in [-0.2, -0.15) is 0 Å². The van der Waals surface area contributed by atoms with E-state index in [0.717, 1.165) is 6.07 Å². The van der Waals surface area contributed by atoms with Gasteiger partial charge in [0.2, 0.25) is 0 Å². The molecule has 1 aromatic carbocycles. The van der Waals surface area contributed by atoms with E-state index in [1.165, 1.54) is 31.4 Å². The van der Waals surface area contributed by atoms with E-state index in [1.807, 2.05) is 0 Å². The molecule has 3 rings (SSSR count). The van der Waals surface area contributed by atoms with Crippen LogP contribution in [-0.4, -0.2) is 0 Å². The summed E-state index contributed by atoms with van der Waals surface area (Å²) in [6.45, 7) is 0. The van der Waals surface area contributed by atoms with E-state index in [4.69, 9.17) is 5.73 Å². The lowest BCUT2D eigenvalue weighted by Gasteiger charge is -2.14. The highest BCUT2D eigenvalue weighted by molar-refractivity contribution is 5.25. The summed E-state index contributed by atoms with van der Waals surface area (Å²) >= 11 is 0. The predicted octanol–water partition coefficient (Wildman–Crippen LogP) is 3.01. The van der Waals surface area contributed by atoms with Gasteiger partial charge in [-0.3, -0.25) is 0 Å². The van der Waals surface area contributed by atoms with E-state index in [1.54, 1.807) is 0 Å². The van der Waals surface area contributed by atoms with Crippen molar-refractivity contribution < 1.29 is 8.78 Å². The van der Waals surface area contributed by atoms with E-state index in [0.29, 0.717) is 23.3 Å². The van der Waals surface area contributed by atoms with E-state index >= 15 is 0 Å². The van der Waals surface area contributed by atoms with Gasteiger partial charge in [-0.15, -0.1) is 0 Å². The molecule has 16 heavy (non-hydrogen) atoms. The van der Waals surface area contributed by atoms with Crippen LogP contribution in [0.3, 0.4) is 0 Å². The van der Waals surface area contributed by atoms with Crippen molar-refractivity contribution in [2.45, 2.75) is 25.3 Å². The Morgan fingerprint density at radius 1 is 1.19 bits per heavy atom. The average molecular weight is 223 g/mol. The Balaban J connectivity index is 1.82. The largest absolute Gasteiger partial charge is 0.324 e. The Kier molecular flexibility index (Phi) is 2.25. The highest BCUT2D eigenvalue weighted by Crippen LogP contribution is 2.61. The third-order valence-electron chi connectivity index (χ3n) is 4.21. The Hall–Kier alpha value is -0.960. The summed E-state index contributed by atoms with van der Waals surface area (Å²) in [5.41, 5.74) is 6.55. The zero-order valence-corrected chi connectivity index (χ0v) is 9.00. The molecule has 3 unspecified atom stereocenters. The van der Waals surface area contributed by atoms with Crippen LogP contribution in [0, 0.1) is 29.4 Å². The summed E-state index contributed by atoms with van der Waals surface area (Å²) in [5, 5.41) is 0.